The number of para-hydroxylation sites is 1. The Hall–Kier alpha value is -2.11. The Morgan fingerprint density at radius 3 is 2.76 bits per heavy atom. The van der Waals surface area contributed by atoms with E-state index in [0.29, 0.717) is 0 Å². The third-order valence-corrected chi connectivity index (χ3v) is 3.26. The molecule has 2 aromatic rings. The van der Waals surface area contributed by atoms with Gasteiger partial charge in [-0.25, -0.2) is 9.48 Å². The molecule has 0 atom stereocenters. The zero-order valence-electron chi connectivity index (χ0n) is 13.3. The summed E-state index contributed by atoms with van der Waals surface area (Å²) in [6.45, 7) is 6.16. The first-order valence-electron chi connectivity index (χ1n) is 7.45. The van der Waals surface area contributed by atoms with Gasteiger partial charge in [-0.3, -0.25) is 4.84 Å². The van der Waals surface area contributed by atoms with E-state index in [1.165, 1.54) is 4.85 Å². The fourth-order valence-corrected chi connectivity index (χ4v) is 2.29. The molecule has 0 fully saturated rings. The van der Waals surface area contributed by atoms with Crippen molar-refractivity contribution in [2.45, 2.75) is 26.7 Å². The second-order valence-corrected chi connectivity index (χ2v) is 5.17. The van der Waals surface area contributed by atoms with Crippen LogP contribution in [-0.2, 0) is 0 Å². The number of nitrogens with zero attached hydrogens (tertiary/aromatic N) is 5. The van der Waals surface area contributed by atoms with Crippen LogP contribution in [0.3, 0.4) is 0 Å². The molecule has 0 aliphatic rings. The molecule has 0 unspecified atom stereocenters. The van der Waals surface area contributed by atoms with Gasteiger partial charge in [0.25, 0.3) is 0 Å². The third kappa shape index (κ3) is 3.51. The van der Waals surface area contributed by atoms with E-state index in [-0.39, 0.29) is 0 Å². The minimum atomic E-state index is 0.786. The van der Waals surface area contributed by atoms with Crippen molar-refractivity contribution in [2.75, 3.05) is 27.2 Å². The molecule has 6 nitrogen and oxygen atoms in total. The molecule has 0 amide bonds. The van der Waals surface area contributed by atoms with Crippen LogP contribution < -0.4 is 4.84 Å². The molecule has 0 aliphatic heterocycles. The van der Waals surface area contributed by atoms with Crippen molar-refractivity contribution in [2.24, 2.45) is 0 Å². The van der Waals surface area contributed by atoms with E-state index < -0.39 is 0 Å². The molecule has 2 rings (SSSR count). The Morgan fingerprint density at radius 2 is 2.05 bits per heavy atom. The molecule has 114 valence electrons. The van der Waals surface area contributed by atoms with Crippen LogP contribution in [0.15, 0.2) is 24.3 Å². The molecule has 0 bridgehead atoms. The predicted molar refractivity (Wildman–Crippen MR) is 83.4 cm³/mol. The van der Waals surface area contributed by atoms with Crippen LogP contribution in [0.2, 0.25) is 0 Å². The summed E-state index contributed by atoms with van der Waals surface area (Å²) in [5.74, 6) is 0. The van der Waals surface area contributed by atoms with Gasteiger partial charge in [-0.2, -0.15) is 0 Å². The van der Waals surface area contributed by atoms with Crippen LogP contribution in [-0.4, -0.2) is 57.8 Å². The highest BCUT2D eigenvalue weighted by Gasteiger charge is 2.21. The summed E-state index contributed by atoms with van der Waals surface area (Å²) in [7, 11) is 4.06. The van der Waals surface area contributed by atoms with Crippen LogP contribution in [0.4, 0.5) is 0 Å². The fourth-order valence-electron chi connectivity index (χ4n) is 2.29. The highest BCUT2D eigenvalue weighted by molar-refractivity contribution is 5.75. The van der Waals surface area contributed by atoms with Gasteiger partial charge in [0.05, 0.1) is 27.2 Å². The van der Waals surface area contributed by atoms with Crippen LogP contribution >= 0.6 is 0 Å². The minimum absolute atomic E-state index is 0.786. The van der Waals surface area contributed by atoms with Crippen molar-refractivity contribution in [3.63, 3.8) is 0 Å². The largest absolute Gasteiger partial charge is 0.472 e. The summed E-state index contributed by atoms with van der Waals surface area (Å²) in [4.78, 5) is 9.60. The Balaban J connectivity index is 2.32. The second-order valence-electron chi connectivity index (χ2n) is 5.17. The van der Waals surface area contributed by atoms with Crippen LogP contribution in [0.1, 0.15) is 26.7 Å². The smallest absolute Gasteiger partial charge is 0.278 e. The van der Waals surface area contributed by atoms with Gasteiger partial charge in [-0.1, -0.05) is 30.8 Å². The highest BCUT2D eigenvalue weighted by Crippen LogP contribution is 2.08. The van der Waals surface area contributed by atoms with Crippen LogP contribution in [0.25, 0.3) is 11.0 Å². The van der Waals surface area contributed by atoms with Gasteiger partial charge in [-0.05, 0) is 30.2 Å². The molecule has 1 aromatic carbocycles. The number of fused-ring (bicyclic) bond motifs is 1. The van der Waals surface area contributed by atoms with Crippen LogP contribution in [0.5, 0.6) is 0 Å². The minimum Gasteiger partial charge on any atom is -0.278 e. The van der Waals surface area contributed by atoms with Crippen molar-refractivity contribution >= 4 is 17.1 Å². The number of aromatic nitrogens is 3. The number of benzene rings is 1. The number of hydrogen-bond acceptors (Lipinski definition) is 3. The molecule has 0 aliphatic carbocycles. The van der Waals surface area contributed by atoms with Crippen molar-refractivity contribution < 1.29 is 9.41 Å². The number of amidine groups is 1. The Labute approximate surface area is 125 Å². The van der Waals surface area contributed by atoms with Gasteiger partial charge in [0.1, 0.15) is 11.0 Å². The molecule has 0 N–H and O–H groups in total. The van der Waals surface area contributed by atoms with Gasteiger partial charge in [0, 0.05) is 0 Å². The molecule has 6 heteroatoms. The predicted octanol–water partition coefficient (Wildman–Crippen LogP) is 1.61. The average molecular weight is 290 g/mol. The van der Waals surface area contributed by atoms with Gasteiger partial charge in [-0.15, -0.1) is 5.10 Å². The van der Waals surface area contributed by atoms with E-state index in [2.05, 4.69) is 33.6 Å². The molecule has 1 aromatic heterocycles. The van der Waals surface area contributed by atoms with Gasteiger partial charge < -0.3 is 0 Å². The molecule has 0 saturated carbocycles. The lowest BCUT2D eigenvalue weighted by Crippen LogP contribution is -2.42. The topological polar surface area (TPSA) is 46.2 Å². The first-order valence-corrected chi connectivity index (χ1v) is 7.45. The van der Waals surface area contributed by atoms with E-state index in [4.69, 9.17) is 4.84 Å². The molecular formula is C15H24N5O+. The summed E-state index contributed by atoms with van der Waals surface area (Å²) in [5, 5.41) is 8.21. The van der Waals surface area contributed by atoms with Crippen molar-refractivity contribution in [3.8, 4) is 0 Å². The highest BCUT2D eigenvalue weighted by atomic mass is 16.7. The average Bonchev–Trinajstić information content (AvgIpc) is 2.88. The number of rotatable bonds is 5. The third-order valence-electron chi connectivity index (χ3n) is 3.26. The second kappa shape index (κ2) is 7.06. The van der Waals surface area contributed by atoms with Crippen molar-refractivity contribution in [1.82, 2.24) is 20.1 Å². The SMILES string of the molecule is CCCN(C)C(On1nnc2ccccc21)=[N+](C)CCC. The Morgan fingerprint density at radius 1 is 1.29 bits per heavy atom. The van der Waals surface area contributed by atoms with E-state index in [0.717, 1.165) is 43.0 Å². The quantitative estimate of drug-likeness (QED) is 0.477. The van der Waals surface area contributed by atoms with Gasteiger partial charge >= 0.3 is 6.02 Å². The normalized spacial score (nSPS) is 12.4. The molecule has 0 saturated heterocycles. The molecule has 0 radical (unpaired) electrons. The lowest BCUT2D eigenvalue weighted by atomic mass is 10.3. The van der Waals surface area contributed by atoms with Crippen LogP contribution in [0, 0.1) is 0 Å². The summed E-state index contributed by atoms with van der Waals surface area (Å²) in [6.07, 6.45) is 2.11. The Bertz CT molecular complexity index is 619. The van der Waals surface area contributed by atoms with E-state index in [1.54, 1.807) is 0 Å². The molecular weight excluding hydrogens is 266 g/mol. The lowest BCUT2D eigenvalue weighted by Gasteiger charge is -2.15. The molecule has 21 heavy (non-hydrogen) atoms. The summed E-state index contributed by atoms with van der Waals surface area (Å²) in [6, 6.07) is 8.56. The molecule has 0 spiro atoms. The maximum atomic E-state index is 6.01. The van der Waals surface area contributed by atoms with E-state index >= 15 is 0 Å². The summed E-state index contributed by atoms with van der Waals surface area (Å²) in [5.41, 5.74) is 1.69. The first-order chi connectivity index (χ1) is 10.2. The Kier molecular flexibility index (Phi) is 5.14. The maximum Gasteiger partial charge on any atom is 0.472 e. The molecule has 1 heterocycles. The van der Waals surface area contributed by atoms with Crippen molar-refractivity contribution in [1.29, 1.82) is 0 Å². The number of hydrogen-bond donors (Lipinski definition) is 0. The van der Waals surface area contributed by atoms with E-state index in [9.17, 15) is 0 Å². The first kappa shape index (κ1) is 15.3. The summed E-state index contributed by atoms with van der Waals surface area (Å²) < 4.78 is 2.10. The maximum absolute atomic E-state index is 6.01. The van der Waals surface area contributed by atoms with Gasteiger partial charge in [0.15, 0.2) is 0 Å². The van der Waals surface area contributed by atoms with Crippen molar-refractivity contribution in [3.05, 3.63) is 24.3 Å². The van der Waals surface area contributed by atoms with Gasteiger partial charge in [0.2, 0.25) is 0 Å². The lowest BCUT2D eigenvalue weighted by molar-refractivity contribution is -0.512. The van der Waals surface area contributed by atoms with E-state index in [1.807, 2.05) is 38.4 Å². The fraction of sp³-hybridized carbons (Fsp3) is 0.533. The standard InChI is InChI=1S/C15H24N5O/c1-5-11-18(3)15(19(4)12-6-2)21-20-14-10-8-7-9-13(14)16-17-20/h7-10H,5-6,11-12H2,1-4H3/q+1. The monoisotopic (exact) mass is 290 g/mol. The zero-order valence-corrected chi connectivity index (χ0v) is 13.3. The zero-order chi connectivity index (χ0) is 15.2. The summed E-state index contributed by atoms with van der Waals surface area (Å²) >= 11 is 0.